The van der Waals surface area contributed by atoms with E-state index in [1.807, 2.05) is 6.92 Å². The van der Waals surface area contributed by atoms with Crippen molar-refractivity contribution >= 4 is 17.5 Å². The Hall–Kier alpha value is -1.26. The van der Waals surface area contributed by atoms with Crippen molar-refractivity contribution in [1.29, 1.82) is 0 Å². The van der Waals surface area contributed by atoms with Crippen LogP contribution in [0.4, 0.5) is 0 Å². The molecular weight excluding hydrogens is 254 g/mol. The van der Waals surface area contributed by atoms with Gasteiger partial charge in [-0.25, -0.2) is 0 Å². The molecule has 0 spiro atoms. The van der Waals surface area contributed by atoms with Crippen molar-refractivity contribution in [3.8, 4) is 5.75 Å². The number of hydrogen-bond donors (Lipinski definition) is 1. The van der Waals surface area contributed by atoms with Gasteiger partial charge in [0.05, 0.1) is 6.61 Å². The molecule has 1 N–H and O–H groups in total. The first kappa shape index (κ1) is 14.8. The van der Waals surface area contributed by atoms with Crippen molar-refractivity contribution < 1.29 is 14.3 Å². The minimum atomic E-state index is -0.554. The van der Waals surface area contributed by atoms with Crippen LogP contribution in [-0.2, 0) is 9.53 Å². The molecule has 0 saturated heterocycles. The Balaban J connectivity index is 2.53. The Morgan fingerprint density at radius 3 is 2.83 bits per heavy atom. The van der Waals surface area contributed by atoms with Gasteiger partial charge in [-0.2, -0.15) is 0 Å². The third-order valence-electron chi connectivity index (χ3n) is 2.42. The van der Waals surface area contributed by atoms with Crippen LogP contribution in [0.25, 0.3) is 0 Å². The van der Waals surface area contributed by atoms with E-state index in [9.17, 15) is 4.79 Å². The largest absolute Gasteiger partial charge is 0.481 e. The summed E-state index contributed by atoms with van der Waals surface area (Å²) in [4.78, 5) is 11.7. The molecule has 0 radical (unpaired) electrons. The zero-order chi connectivity index (χ0) is 13.5. The molecule has 1 aromatic rings. The molecule has 1 amide bonds. The number of ether oxygens (including phenoxy) is 2. The number of amides is 1. The van der Waals surface area contributed by atoms with Gasteiger partial charge in [0.15, 0.2) is 6.10 Å². The number of rotatable bonds is 6. The fraction of sp³-hybridized carbons (Fsp3) is 0.462. The van der Waals surface area contributed by atoms with Gasteiger partial charge in [-0.05, 0) is 37.6 Å². The molecule has 0 aliphatic carbocycles. The van der Waals surface area contributed by atoms with Gasteiger partial charge in [0.2, 0.25) is 0 Å². The van der Waals surface area contributed by atoms with Crippen LogP contribution in [0.15, 0.2) is 18.2 Å². The third kappa shape index (κ3) is 4.55. The first-order valence-corrected chi connectivity index (χ1v) is 6.12. The normalized spacial score (nSPS) is 12.0. The van der Waals surface area contributed by atoms with Gasteiger partial charge in [0.25, 0.3) is 5.91 Å². The summed E-state index contributed by atoms with van der Waals surface area (Å²) in [5, 5.41) is 3.37. The summed E-state index contributed by atoms with van der Waals surface area (Å²) >= 11 is 5.85. The summed E-state index contributed by atoms with van der Waals surface area (Å²) < 4.78 is 10.4. The van der Waals surface area contributed by atoms with E-state index in [1.54, 1.807) is 32.2 Å². The second-order valence-corrected chi connectivity index (χ2v) is 4.39. The molecule has 100 valence electrons. The first-order chi connectivity index (χ1) is 8.54. The van der Waals surface area contributed by atoms with Crippen LogP contribution in [-0.4, -0.2) is 32.3 Å². The van der Waals surface area contributed by atoms with Gasteiger partial charge in [-0.3, -0.25) is 4.79 Å². The van der Waals surface area contributed by atoms with Crippen molar-refractivity contribution in [2.75, 3.05) is 20.3 Å². The Kier molecular flexibility index (Phi) is 5.95. The summed E-state index contributed by atoms with van der Waals surface area (Å²) in [6.07, 6.45) is -0.554. The molecule has 0 aliphatic heterocycles. The highest BCUT2D eigenvalue weighted by atomic mass is 35.5. The highest BCUT2D eigenvalue weighted by molar-refractivity contribution is 6.30. The Morgan fingerprint density at radius 2 is 2.22 bits per heavy atom. The monoisotopic (exact) mass is 271 g/mol. The van der Waals surface area contributed by atoms with Crippen molar-refractivity contribution in [2.45, 2.75) is 20.0 Å². The smallest absolute Gasteiger partial charge is 0.260 e. The predicted octanol–water partition coefficient (Wildman–Crippen LogP) is 2.18. The lowest BCUT2D eigenvalue weighted by Crippen LogP contribution is -2.38. The van der Waals surface area contributed by atoms with Crippen LogP contribution in [0.3, 0.4) is 0 Å². The van der Waals surface area contributed by atoms with E-state index in [-0.39, 0.29) is 5.91 Å². The van der Waals surface area contributed by atoms with Gasteiger partial charge >= 0.3 is 0 Å². The van der Waals surface area contributed by atoms with Crippen LogP contribution in [0.2, 0.25) is 5.02 Å². The van der Waals surface area contributed by atoms with Crippen LogP contribution in [0.1, 0.15) is 12.5 Å². The molecule has 0 aliphatic rings. The lowest BCUT2D eigenvalue weighted by Gasteiger charge is -2.16. The molecule has 0 bridgehead atoms. The van der Waals surface area contributed by atoms with Gasteiger partial charge in [0.1, 0.15) is 5.75 Å². The van der Waals surface area contributed by atoms with E-state index in [1.165, 1.54) is 0 Å². The van der Waals surface area contributed by atoms with Crippen molar-refractivity contribution in [2.24, 2.45) is 0 Å². The maximum atomic E-state index is 11.7. The molecule has 1 unspecified atom stereocenters. The first-order valence-electron chi connectivity index (χ1n) is 5.74. The summed E-state index contributed by atoms with van der Waals surface area (Å²) in [5.41, 5.74) is 0.902. The molecule has 1 atom stereocenters. The highest BCUT2D eigenvalue weighted by Crippen LogP contribution is 2.22. The number of carbonyl (C=O) groups excluding carboxylic acids is 1. The summed E-state index contributed by atoms with van der Waals surface area (Å²) in [7, 11) is 1.59. The van der Waals surface area contributed by atoms with Gasteiger partial charge in [-0.1, -0.05) is 11.6 Å². The number of aryl methyl sites for hydroxylation is 1. The Labute approximate surface area is 112 Å². The predicted molar refractivity (Wildman–Crippen MR) is 71.2 cm³/mol. The molecule has 4 nitrogen and oxygen atoms in total. The number of hydrogen-bond acceptors (Lipinski definition) is 3. The number of methoxy groups -OCH3 is 1. The summed E-state index contributed by atoms with van der Waals surface area (Å²) in [6, 6.07) is 5.29. The third-order valence-corrected chi connectivity index (χ3v) is 2.65. The summed E-state index contributed by atoms with van der Waals surface area (Å²) in [5.74, 6) is 0.496. The molecular formula is C13H18ClNO3. The number of nitrogens with one attached hydrogen (secondary N) is 1. The minimum Gasteiger partial charge on any atom is -0.481 e. The SMILES string of the molecule is COCCNC(=O)C(C)Oc1ccc(Cl)cc1C. The van der Waals surface area contributed by atoms with Gasteiger partial charge < -0.3 is 14.8 Å². The van der Waals surface area contributed by atoms with E-state index in [2.05, 4.69) is 5.32 Å². The fourth-order valence-corrected chi connectivity index (χ4v) is 1.64. The average Bonchev–Trinajstić information content (AvgIpc) is 2.32. The molecule has 1 aromatic carbocycles. The number of benzene rings is 1. The number of carbonyl (C=O) groups is 1. The van der Waals surface area contributed by atoms with Crippen LogP contribution in [0.5, 0.6) is 5.75 Å². The number of halogens is 1. The van der Waals surface area contributed by atoms with Crippen LogP contribution < -0.4 is 10.1 Å². The second kappa shape index (κ2) is 7.24. The quantitative estimate of drug-likeness (QED) is 0.807. The van der Waals surface area contributed by atoms with E-state index >= 15 is 0 Å². The molecule has 1 rings (SSSR count). The molecule has 18 heavy (non-hydrogen) atoms. The lowest BCUT2D eigenvalue weighted by atomic mass is 10.2. The molecule has 0 fully saturated rings. The standard InChI is InChI=1S/C13H18ClNO3/c1-9-8-11(14)4-5-12(9)18-10(2)13(16)15-6-7-17-3/h4-5,8,10H,6-7H2,1-3H3,(H,15,16). The molecule has 0 heterocycles. The topological polar surface area (TPSA) is 47.6 Å². The van der Waals surface area contributed by atoms with Crippen LogP contribution in [0, 0.1) is 6.92 Å². The lowest BCUT2D eigenvalue weighted by molar-refractivity contribution is -0.127. The van der Waals surface area contributed by atoms with Crippen molar-refractivity contribution in [3.63, 3.8) is 0 Å². The molecule has 5 heteroatoms. The second-order valence-electron chi connectivity index (χ2n) is 3.95. The van der Waals surface area contributed by atoms with E-state index in [0.717, 1.165) is 5.56 Å². The van der Waals surface area contributed by atoms with Crippen molar-refractivity contribution in [1.82, 2.24) is 5.32 Å². The average molecular weight is 272 g/mol. The Bertz CT molecular complexity index is 409. The maximum Gasteiger partial charge on any atom is 0.260 e. The zero-order valence-corrected chi connectivity index (χ0v) is 11.6. The summed E-state index contributed by atoms with van der Waals surface area (Å²) in [6.45, 7) is 4.55. The van der Waals surface area contributed by atoms with Crippen LogP contribution >= 0.6 is 11.6 Å². The van der Waals surface area contributed by atoms with Gasteiger partial charge in [-0.15, -0.1) is 0 Å². The minimum absolute atomic E-state index is 0.165. The van der Waals surface area contributed by atoms with E-state index in [4.69, 9.17) is 21.1 Å². The maximum absolute atomic E-state index is 11.7. The zero-order valence-electron chi connectivity index (χ0n) is 10.8. The van der Waals surface area contributed by atoms with E-state index < -0.39 is 6.10 Å². The molecule has 0 saturated carbocycles. The van der Waals surface area contributed by atoms with E-state index in [0.29, 0.717) is 23.9 Å². The van der Waals surface area contributed by atoms with Gasteiger partial charge in [0, 0.05) is 18.7 Å². The fourth-order valence-electron chi connectivity index (χ4n) is 1.41. The van der Waals surface area contributed by atoms with Crippen molar-refractivity contribution in [3.05, 3.63) is 28.8 Å². The highest BCUT2D eigenvalue weighted by Gasteiger charge is 2.14. The molecule has 0 aromatic heterocycles. The Morgan fingerprint density at radius 1 is 1.50 bits per heavy atom.